The van der Waals surface area contributed by atoms with E-state index in [1.165, 1.54) is 19.3 Å². The molecule has 0 spiro atoms. The lowest BCUT2D eigenvalue weighted by Gasteiger charge is -2.11. The summed E-state index contributed by atoms with van der Waals surface area (Å²) >= 11 is 0. The number of ketones is 1. The lowest BCUT2D eigenvalue weighted by atomic mass is 10.1. The van der Waals surface area contributed by atoms with Crippen molar-refractivity contribution in [2.45, 2.75) is 6.92 Å². The standard InChI is InChI=1S/C26H20N2O7/c1-16-8-10-19(14-21(16)28(31)32)25-27-20(26(30)35-25)12-17-9-11-23(24(13-17)33-2)34-15-22(29)18-6-4-3-5-7-18/h3-14H,15H2,1-2H3/b20-12-. The molecule has 0 amide bonds. The third kappa shape index (κ3) is 5.25. The van der Waals surface area contributed by atoms with Crippen LogP contribution in [-0.2, 0) is 9.53 Å². The van der Waals surface area contributed by atoms with E-state index in [2.05, 4.69) is 4.99 Å². The first-order valence-electron chi connectivity index (χ1n) is 10.5. The van der Waals surface area contributed by atoms with Gasteiger partial charge in [-0.15, -0.1) is 0 Å². The number of nitro groups is 1. The topological polar surface area (TPSA) is 117 Å². The lowest BCUT2D eigenvalue weighted by molar-refractivity contribution is -0.385. The average molecular weight is 472 g/mol. The maximum Gasteiger partial charge on any atom is 0.363 e. The number of ether oxygens (including phenoxy) is 3. The summed E-state index contributed by atoms with van der Waals surface area (Å²) in [6.45, 7) is 1.46. The van der Waals surface area contributed by atoms with Gasteiger partial charge in [0.2, 0.25) is 5.90 Å². The molecule has 0 atom stereocenters. The third-order valence-corrected chi connectivity index (χ3v) is 5.22. The van der Waals surface area contributed by atoms with Crippen molar-refractivity contribution in [1.29, 1.82) is 0 Å². The first kappa shape index (κ1) is 23.4. The lowest BCUT2D eigenvalue weighted by Crippen LogP contribution is -2.11. The van der Waals surface area contributed by atoms with E-state index >= 15 is 0 Å². The van der Waals surface area contributed by atoms with Crippen LogP contribution < -0.4 is 9.47 Å². The van der Waals surface area contributed by atoms with Crippen LogP contribution in [0.5, 0.6) is 11.5 Å². The van der Waals surface area contributed by atoms with Crippen molar-refractivity contribution in [3.05, 3.63) is 105 Å². The first-order chi connectivity index (χ1) is 16.9. The molecule has 0 aromatic heterocycles. The van der Waals surface area contributed by atoms with Crippen molar-refractivity contribution in [1.82, 2.24) is 0 Å². The quantitative estimate of drug-likeness (QED) is 0.156. The normalized spacial score (nSPS) is 13.8. The Morgan fingerprint density at radius 2 is 1.86 bits per heavy atom. The number of aliphatic imine (C=N–C) groups is 1. The molecule has 0 N–H and O–H groups in total. The number of esters is 1. The Morgan fingerprint density at radius 3 is 2.57 bits per heavy atom. The molecule has 0 saturated heterocycles. The van der Waals surface area contributed by atoms with Gasteiger partial charge in [-0.2, -0.15) is 0 Å². The first-order valence-corrected chi connectivity index (χ1v) is 10.5. The van der Waals surface area contributed by atoms with Crippen LogP contribution in [0.15, 0.2) is 77.4 Å². The van der Waals surface area contributed by atoms with Gasteiger partial charge in [0.15, 0.2) is 29.6 Å². The summed E-state index contributed by atoms with van der Waals surface area (Å²) in [5.74, 6) is -0.147. The second-order valence-electron chi connectivity index (χ2n) is 7.58. The van der Waals surface area contributed by atoms with Crippen molar-refractivity contribution in [3.8, 4) is 11.5 Å². The molecule has 0 fully saturated rings. The van der Waals surface area contributed by atoms with Crippen molar-refractivity contribution in [2.24, 2.45) is 4.99 Å². The maximum atomic E-state index is 12.3. The van der Waals surface area contributed by atoms with E-state index in [0.29, 0.717) is 33.8 Å². The van der Waals surface area contributed by atoms with E-state index in [9.17, 15) is 19.7 Å². The number of nitrogens with zero attached hydrogens (tertiary/aromatic N) is 2. The molecule has 4 rings (SSSR count). The summed E-state index contributed by atoms with van der Waals surface area (Å²) in [6.07, 6.45) is 1.50. The van der Waals surface area contributed by atoms with Gasteiger partial charge in [-0.05, 0) is 36.8 Å². The number of methoxy groups -OCH3 is 1. The largest absolute Gasteiger partial charge is 0.493 e. The summed E-state index contributed by atoms with van der Waals surface area (Å²) in [7, 11) is 1.46. The fourth-order valence-corrected chi connectivity index (χ4v) is 3.37. The van der Waals surface area contributed by atoms with E-state index in [1.807, 2.05) is 6.07 Å². The number of cyclic esters (lactones) is 1. The number of aryl methyl sites for hydroxylation is 1. The Hall–Kier alpha value is -4.79. The van der Waals surface area contributed by atoms with Crippen LogP contribution >= 0.6 is 0 Å². The van der Waals surface area contributed by atoms with Crippen molar-refractivity contribution in [2.75, 3.05) is 13.7 Å². The minimum Gasteiger partial charge on any atom is -0.493 e. The summed E-state index contributed by atoms with van der Waals surface area (Å²) in [6, 6.07) is 18.2. The molecule has 9 nitrogen and oxygen atoms in total. The molecule has 1 heterocycles. The van der Waals surface area contributed by atoms with Crippen molar-refractivity contribution < 1.29 is 28.7 Å². The Morgan fingerprint density at radius 1 is 1.09 bits per heavy atom. The van der Waals surface area contributed by atoms with Gasteiger partial charge in [0, 0.05) is 22.8 Å². The van der Waals surface area contributed by atoms with Gasteiger partial charge in [-0.3, -0.25) is 14.9 Å². The number of rotatable bonds is 8. The van der Waals surface area contributed by atoms with E-state index in [4.69, 9.17) is 14.2 Å². The number of Topliss-reactive ketones (excluding diaryl/α,β-unsaturated/α-hetero) is 1. The van der Waals surface area contributed by atoms with Gasteiger partial charge < -0.3 is 14.2 Å². The number of nitro benzene ring substituents is 1. The molecule has 1 aliphatic rings. The molecular formula is C26H20N2O7. The smallest absolute Gasteiger partial charge is 0.363 e. The molecule has 0 bridgehead atoms. The molecule has 0 aliphatic carbocycles. The second kappa shape index (κ2) is 10.0. The third-order valence-electron chi connectivity index (χ3n) is 5.22. The van der Waals surface area contributed by atoms with E-state index < -0.39 is 10.9 Å². The highest BCUT2D eigenvalue weighted by molar-refractivity contribution is 6.13. The summed E-state index contributed by atoms with van der Waals surface area (Å²) in [5.41, 5.74) is 1.86. The molecule has 176 valence electrons. The molecule has 9 heteroatoms. The fourth-order valence-electron chi connectivity index (χ4n) is 3.37. The van der Waals surface area contributed by atoms with E-state index in [1.54, 1.807) is 61.5 Å². The number of carbonyl (C=O) groups is 2. The minimum atomic E-state index is -0.684. The zero-order valence-corrected chi connectivity index (χ0v) is 18.9. The highest BCUT2D eigenvalue weighted by Crippen LogP contribution is 2.30. The van der Waals surface area contributed by atoms with Crippen LogP contribution in [0.1, 0.15) is 27.0 Å². The summed E-state index contributed by atoms with van der Waals surface area (Å²) in [5, 5.41) is 11.2. The molecule has 1 aliphatic heterocycles. The zero-order chi connectivity index (χ0) is 24.9. The molecule has 35 heavy (non-hydrogen) atoms. The van der Waals surface area contributed by atoms with Gasteiger partial charge in [0.25, 0.3) is 5.69 Å². The Kier molecular flexibility index (Phi) is 6.68. The molecule has 3 aromatic carbocycles. The average Bonchev–Trinajstić information content (AvgIpc) is 3.23. The molecule has 0 radical (unpaired) electrons. The SMILES string of the molecule is COc1cc(/C=C2\N=C(c3ccc(C)c([N+](=O)[O-])c3)OC2=O)ccc1OCC(=O)c1ccccc1. The van der Waals surface area contributed by atoms with Crippen LogP contribution in [0.2, 0.25) is 0 Å². The molecular weight excluding hydrogens is 452 g/mol. The van der Waals surface area contributed by atoms with E-state index in [0.717, 1.165) is 0 Å². The van der Waals surface area contributed by atoms with Crippen LogP contribution in [0.4, 0.5) is 5.69 Å². The van der Waals surface area contributed by atoms with Gasteiger partial charge in [0.05, 0.1) is 12.0 Å². The second-order valence-corrected chi connectivity index (χ2v) is 7.58. The number of carbonyl (C=O) groups excluding carboxylic acids is 2. The number of hydrogen-bond donors (Lipinski definition) is 0. The van der Waals surface area contributed by atoms with Gasteiger partial charge >= 0.3 is 5.97 Å². The van der Waals surface area contributed by atoms with Crippen LogP contribution in [0.25, 0.3) is 6.08 Å². The Bertz CT molecular complexity index is 1380. The predicted octanol–water partition coefficient (Wildman–Crippen LogP) is 4.52. The monoisotopic (exact) mass is 472 g/mol. The zero-order valence-electron chi connectivity index (χ0n) is 18.9. The van der Waals surface area contributed by atoms with Crippen molar-refractivity contribution in [3.63, 3.8) is 0 Å². The number of hydrogen-bond acceptors (Lipinski definition) is 8. The molecule has 3 aromatic rings. The molecule has 0 unspecified atom stereocenters. The fraction of sp³-hybridized carbons (Fsp3) is 0.115. The molecule has 0 saturated carbocycles. The van der Waals surface area contributed by atoms with Crippen molar-refractivity contribution >= 4 is 29.4 Å². The highest BCUT2D eigenvalue weighted by atomic mass is 16.6. The van der Waals surface area contributed by atoms with Crippen LogP contribution in [-0.4, -0.2) is 36.3 Å². The number of benzene rings is 3. The van der Waals surface area contributed by atoms with E-state index in [-0.39, 0.29) is 29.7 Å². The summed E-state index contributed by atoms with van der Waals surface area (Å²) < 4.78 is 16.2. The van der Waals surface area contributed by atoms with Gasteiger partial charge in [-0.1, -0.05) is 42.5 Å². The van der Waals surface area contributed by atoms with Gasteiger partial charge in [-0.25, -0.2) is 9.79 Å². The highest BCUT2D eigenvalue weighted by Gasteiger charge is 2.26. The van der Waals surface area contributed by atoms with Gasteiger partial charge in [0.1, 0.15) is 0 Å². The summed E-state index contributed by atoms with van der Waals surface area (Å²) in [4.78, 5) is 39.6. The Balaban J connectivity index is 1.53. The van der Waals surface area contributed by atoms with Crippen LogP contribution in [0.3, 0.4) is 0 Å². The minimum absolute atomic E-state index is 0.0179. The Labute approximate surface area is 200 Å². The maximum absolute atomic E-state index is 12.3. The predicted molar refractivity (Wildman–Crippen MR) is 128 cm³/mol. The van der Waals surface area contributed by atoms with Crippen LogP contribution in [0, 0.1) is 17.0 Å².